The standard InChI is InChI=1S/C27H24N2/c1-16-15-29-22-13-18-8-6-5-7-17(18)12-21(22)25-24-19(9-10-28-25)11-20(14-27(2,3)4)23(16)26(24)29/h5-13,15H,14H2,1-4H3. The number of nitrogens with zero attached hydrogens (tertiary/aromatic N) is 2. The van der Waals surface area contributed by atoms with Gasteiger partial charge < -0.3 is 4.40 Å². The lowest BCUT2D eigenvalue weighted by Gasteiger charge is -2.21. The van der Waals surface area contributed by atoms with Crippen LogP contribution in [-0.4, -0.2) is 9.38 Å². The summed E-state index contributed by atoms with van der Waals surface area (Å²) in [5, 5.41) is 7.74. The second-order valence-electron chi connectivity index (χ2n) is 9.65. The van der Waals surface area contributed by atoms with Gasteiger partial charge in [0.1, 0.15) is 0 Å². The molecule has 0 N–H and O–H groups in total. The highest BCUT2D eigenvalue weighted by Gasteiger charge is 2.22. The summed E-state index contributed by atoms with van der Waals surface area (Å²) >= 11 is 0. The third kappa shape index (κ3) is 2.32. The minimum atomic E-state index is 0.239. The van der Waals surface area contributed by atoms with Gasteiger partial charge in [0, 0.05) is 28.6 Å². The first-order chi connectivity index (χ1) is 13.9. The molecule has 6 aromatic rings. The zero-order chi connectivity index (χ0) is 19.9. The number of pyridine rings is 2. The van der Waals surface area contributed by atoms with Gasteiger partial charge in [0.05, 0.1) is 16.6 Å². The van der Waals surface area contributed by atoms with E-state index < -0.39 is 0 Å². The number of fused-ring (bicyclic) bond motifs is 4. The molecular formula is C27H24N2. The Bertz CT molecular complexity index is 1560. The molecule has 29 heavy (non-hydrogen) atoms. The zero-order valence-corrected chi connectivity index (χ0v) is 17.4. The van der Waals surface area contributed by atoms with E-state index in [0.29, 0.717) is 0 Å². The molecule has 0 aliphatic rings. The Kier molecular flexibility index (Phi) is 3.17. The second-order valence-corrected chi connectivity index (χ2v) is 9.65. The van der Waals surface area contributed by atoms with Crippen molar-refractivity contribution in [2.45, 2.75) is 34.1 Å². The summed E-state index contributed by atoms with van der Waals surface area (Å²) in [6, 6.07) is 17.8. The predicted octanol–water partition coefficient (Wildman–Crippen LogP) is 7.28. The van der Waals surface area contributed by atoms with Crippen molar-refractivity contribution in [1.29, 1.82) is 0 Å². The Balaban J connectivity index is 1.89. The fraction of sp³-hybridized carbons (Fsp3) is 0.222. The Labute approximate surface area is 170 Å². The van der Waals surface area contributed by atoms with Crippen molar-refractivity contribution in [3.63, 3.8) is 0 Å². The third-order valence-electron chi connectivity index (χ3n) is 6.17. The highest BCUT2D eigenvalue weighted by atomic mass is 14.9. The Morgan fingerprint density at radius 3 is 2.41 bits per heavy atom. The predicted molar refractivity (Wildman–Crippen MR) is 124 cm³/mol. The van der Waals surface area contributed by atoms with Crippen LogP contribution in [0.3, 0.4) is 0 Å². The van der Waals surface area contributed by atoms with Crippen molar-refractivity contribution < 1.29 is 0 Å². The summed E-state index contributed by atoms with van der Waals surface area (Å²) in [6.07, 6.45) is 5.35. The molecule has 0 spiro atoms. The average molecular weight is 377 g/mol. The zero-order valence-electron chi connectivity index (χ0n) is 17.4. The lowest BCUT2D eigenvalue weighted by atomic mass is 9.85. The molecule has 0 atom stereocenters. The van der Waals surface area contributed by atoms with Crippen LogP contribution in [0.2, 0.25) is 0 Å². The molecule has 2 nitrogen and oxygen atoms in total. The van der Waals surface area contributed by atoms with E-state index in [4.69, 9.17) is 4.98 Å². The van der Waals surface area contributed by atoms with E-state index in [1.54, 1.807) is 0 Å². The molecule has 0 amide bonds. The first-order valence-electron chi connectivity index (χ1n) is 10.4. The van der Waals surface area contributed by atoms with Crippen LogP contribution < -0.4 is 0 Å². The molecule has 0 aliphatic heterocycles. The first kappa shape index (κ1) is 16.8. The van der Waals surface area contributed by atoms with E-state index in [2.05, 4.69) is 86.8 Å². The lowest BCUT2D eigenvalue weighted by molar-refractivity contribution is 0.413. The number of benzene rings is 3. The highest BCUT2D eigenvalue weighted by Crippen LogP contribution is 2.41. The van der Waals surface area contributed by atoms with Crippen LogP contribution in [0.25, 0.3) is 48.9 Å². The van der Waals surface area contributed by atoms with Crippen LogP contribution in [0.1, 0.15) is 31.9 Å². The molecular weight excluding hydrogens is 352 g/mol. The third-order valence-corrected chi connectivity index (χ3v) is 6.17. The first-order valence-corrected chi connectivity index (χ1v) is 10.4. The van der Waals surface area contributed by atoms with E-state index in [1.807, 2.05) is 6.20 Å². The summed E-state index contributed by atoms with van der Waals surface area (Å²) in [4.78, 5) is 4.87. The average Bonchev–Trinajstić information content (AvgIpc) is 3.03. The Morgan fingerprint density at radius 2 is 1.66 bits per heavy atom. The van der Waals surface area contributed by atoms with E-state index in [-0.39, 0.29) is 5.41 Å². The number of hydrogen-bond donors (Lipinski definition) is 0. The summed E-state index contributed by atoms with van der Waals surface area (Å²) in [6.45, 7) is 9.21. The summed E-state index contributed by atoms with van der Waals surface area (Å²) in [7, 11) is 0. The molecule has 2 heteroatoms. The SMILES string of the molecule is Cc1cn2c3cc4ccccc4cc3c3nccc4cc(CC(C)(C)C)c1c2c43. The molecule has 142 valence electrons. The Morgan fingerprint density at radius 1 is 0.897 bits per heavy atom. The largest absolute Gasteiger partial charge is 0.315 e. The molecule has 0 fully saturated rings. The van der Waals surface area contributed by atoms with Gasteiger partial charge in [0.2, 0.25) is 0 Å². The molecule has 0 saturated heterocycles. The second kappa shape index (κ2) is 5.48. The van der Waals surface area contributed by atoms with E-state index in [9.17, 15) is 0 Å². The molecule has 0 aliphatic carbocycles. The van der Waals surface area contributed by atoms with Crippen molar-refractivity contribution in [3.8, 4) is 0 Å². The van der Waals surface area contributed by atoms with Gasteiger partial charge in [0.25, 0.3) is 0 Å². The minimum absolute atomic E-state index is 0.239. The molecule has 3 heterocycles. The summed E-state index contributed by atoms with van der Waals surface area (Å²) in [5.41, 5.74) is 6.70. The quantitative estimate of drug-likeness (QED) is 0.218. The van der Waals surface area contributed by atoms with Gasteiger partial charge >= 0.3 is 0 Å². The van der Waals surface area contributed by atoms with Gasteiger partial charge in [-0.15, -0.1) is 0 Å². The van der Waals surface area contributed by atoms with Gasteiger partial charge in [0.15, 0.2) is 0 Å². The van der Waals surface area contributed by atoms with Gasteiger partial charge in [-0.1, -0.05) is 51.1 Å². The summed E-state index contributed by atoms with van der Waals surface area (Å²) in [5.74, 6) is 0. The van der Waals surface area contributed by atoms with Crippen LogP contribution in [0, 0.1) is 12.3 Å². The van der Waals surface area contributed by atoms with Crippen LogP contribution in [0.15, 0.2) is 60.9 Å². The van der Waals surface area contributed by atoms with E-state index in [0.717, 1.165) is 11.9 Å². The van der Waals surface area contributed by atoms with Crippen molar-refractivity contribution in [2.24, 2.45) is 5.41 Å². The van der Waals surface area contributed by atoms with Gasteiger partial charge in [-0.3, -0.25) is 4.98 Å². The maximum atomic E-state index is 4.87. The van der Waals surface area contributed by atoms with Crippen molar-refractivity contribution in [3.05, 3.63) is 72.1 Å². The topological polar surface area (TPSA) is 17.3 Å². The van der Waals surface area contributed by atoms with Gasteiger partial charge in [-0.25, -0.2) is 0 Å². The number of aryl methyl sites for hydroxylation is 1. The normalized spacial score (nSPS) is 13.0. The maximum Gasteiger partial charge on any atom is 0.0822 e. The van der Waals surface area contributed by atoms with E-state index >= 15 is 0 Å². The smallest absolute Gasteiger partial charge is 0.0822 e. The highest BCUT2D eigenvalue weighted by molar-refractivity contribution is 6.24. The molecule has 0 unspecified atom stereocenters. The summed E-state index contributed by atoms with van der Waals surface area (Å²) < 4.78 is 2.41. The van der Waals surface area contributed by atoms with Crippen LogP contribution in [-0.2, 0) is 6.42 Å². The molecule has 6 rings (SSSR count). The number of rotatable bonds is 1. The van der Waals surface area contributed by atoms with Crippen molar-refractivity contribution in [1.82, 2.24) is 9.38 Å². The van der Waals surface area contributed by atoms with Crippen LogP contribution in [0.4, 0.5) is 0 Å². The molecule has 0 bridgehead atoms. The molecule has 3 aromatic heterocycles. The minimum Gasteiger partial charge on any atom is -0.315 e. The molecule has 0 saturated carbocycles. The van der Waals surface area contributed by atoms with Crippen LogP contribution >= 0.6 is 0 Å². The monoisotopic (exact) mass is 376 g/mol. The maximum absolute atomic E-state index is 4.87. The lowest BCUT2D eigenvalue weighted by Crippen LogP contribution is -2.09. The van der Waals surface area contributed by atoms with Crippen molar-refractivity contribution in [2.75, 3.05) is 0 Å². The number of aromatic nitrogens is 2. The molecule has 0 radical (unpaired) electrons. The number of hydrogen-bond acceptors (Lipinski definition) is 1. The Hall–Kier alpha value is -3.13. The van der Waals surface area contributed by atoms with E-state index in [1.165, 1.54) is 54.5 Å². The van der Waals surface area contributed by atoms with Gasteiger partial charge in [-0.05, 0) is 64.2 Å². The fourth-order valence-corrected chi connectivity index (χ4v) is 5.11. The molecule has 3 aromatic carbocycles. The van der Waals surface area contributed by atoms with Gasteiger partial charge in [-0.2, -0.15) is 0 Å². The fourth-order valence-electron chi connectivity index (χ4n) is 5.11. The van der Waals surface area contributed by atoms with Crippen molar-refractivity contribution >= 4 is 48.9 Å². The van der Waals surface area contributed by atoms with Crippen LogP contribution in [0.5, 0.6) is 0 Å².